The molecule has 2 rings (SSSR count). The van der Waals surface area contributed by atoms with Gasteiger partial charge in [-0.05, 0) is 43.0 Å². The van der Waals surface area contributed by atoms with Crippen LogP contribution < -0.4 is 33.4 Å². The van der Waals surface area contributed by atoms with Gasteiger partial charge in [0.2, 0.25) is 0 Å². The van der Waals surface area contributed by atoms with Gasteiger partial charge in [0.1, 0.15) is 6.54 Å². The SMILES string of the molecule is CCCCCCCCCCCCN(CCCCCCCCCCCC)c1ccc(C=Cc2cc[n+](CC)cc2)cc1.[I-]. The minimum Gasteiger partial charge on any atom is -1.00 e. The zero-order chi connectivity index (χ0) is 29.2. The molecular weight excluding hydrogens is 623 g/mol. The molecule has 0 atom stereocenters. The van der Waals surface area contributed by atoms with E-state index in [9.17, 15) is 0 Å². The average Bonchev–Trinajstić information content (AvgIpc) is 3.01. The summed E-state index contributed by atoms with van der Waals surface area (Å²) in [5, 5.41) is 0. The molecule has 3 heteroatoms. The van der Waals surface area contributed by atoms with Gasteiger partial charge in [-0.15, -0.1) is 0 Å². The number of hydrogen-bond acceptors (Lipinski definition) is 1. The second-order valence-corrected chi connectivity index (χ2v) is 12.2. The van der Waals surface area contributed by atoms with E-state index < -0.39 is 0 Å². The Morgan fingerprint density at radius 2 is 0.833 bits per heavy atom. The summed E-state index contributed by atoms with van der Waals surface area (Å²) in [7, 11) is 0. The lowest BCUT2D eigenvalue weighted by Gasteiger charge is -2.25. The number of rotatable bonds is 26. The molecule has 0 N–H and O–H groups in total. The molecule has 0 radical (unpaired) electrons. The van der Waals surface area contributed by atoms with Crippen LogP contribution in [0.25, 0.3) is 12.2 Å². The topological polar surface area (TPSA) is 7.12 Å². The highest BCUT2D eigenvalue weighted by atomic mass is 127. The van der Waals surface area contributed by atoms with Crippen molar-refractivity contribution in [1.29, 1.82) is 0 Å². The number of anilines is 1. The lowest BCUT2D eigenvalue weighted by atomic mass is 10.1. The van der Waals surface area contributed by atoms with E-state index in [1.54, 1.807) is 0 Å². The van der Waals surface area contributed by atoms with Gasteiger partial charge in [-0.3, -0.25) is 0 Å². The van der Waals surface area contributed by atoms with Crippen LogP contribution in [0.15, 0.2) is 48.8 Å². The molecule has 2 aromatic rings. The maximum absolute atomic E-state index is 2.67. The summed E-state index contributed by atoms with van der Waals surface area (Å²) in [6.45, 7) is 10.2. The van der Waals surface area contributed by atoms with Crippen molar-refractivity contribution in [1.82, 2.24) is 0 Å². The van der Waals surface area contributed by atoms with Crippen molar-refractivity contribution in [3.63, 3.8) is 0 Å². The van der Waals surface area contributed by atoms with Crippen molar-refractivity contribution >= 4 is 17.8 Å². The van der Waals surface area contributed by atoms with Crippen LogP contribution >= 0.6 is 0 Å². The van der Waals surface area contributed by atoms with E-state index in [0.29, 0.717) is 0 Å². The van der Waals surface area contributed by atoms with Crippen molar-refractivity contribution in [3.05, 3.63) is 59.9 Å². The standard InChI is InChI=1S/C39H65N2.HI/c1-4-7-9-11-13-15-17-19-21-23-33-41(34-24-22-20-18-16-14-12-10-8-5-2)39-29-27-37(28-30-39)25-26-38-31-35-40(6-3)36-32-38;/h25-32,35-36H,4-24,33-34H2,1-3H3;1H/q+1;/p-1. The van der Waals surface area contributed by atoms with E-state index in [4.69, 9.17) is 0 Å². The number of pyridine rings is 1. The van der Waals surface area contributed by atoms with Crippen LogP contribution in [-0.2, 0) is 6.54 Å². The second-order valence-electron chi connectivity index (χ2n) is 12.2. The van der Waals surface area contributed by atoms with Crippen molar-refractivity contribution in [2.24, 2.45) is 0 Å². The van der Waals surface area contributed by atoms with Gasteiger partial charge in [0.25, 0.3) is 0 Å². The highest BCUT2D eigenvalue weighted by molar-refractivity contribution is 5.70. The molecule has 1 aromatic heterocycles. The van der Waals surface area contributed by atoms with Crippen molar-refractivity contribution in [2.45, 2.75) is 156 Å². The van der Waals surface area contributed by atoms with Gasteiger partial charge in [0.05, 0.1) is 0 Å². The van der Waals surface area contributed by atoms with Gasteiger partial charge in [0, 0.05) is 30.9 Å². The third kappa shape index (κ3) is 19.0. The van der Waals surface area contributed by atoms with Gasteiger partial charge in [-0.1, -0.05) is 154 Å². The Kier molecular flexibility index (Phi) is 25.0. The highest BCUT2D eigenvalue weighted by Crippen LogP contribution is 2.20. The lowest BCUT2D eigenvalue weighted by Crippen LogP contribution is -3.00. The Labute approximate surface area is 278 Å². The van der Waals surface area contributed by atoms with E-state index in [0.717, 1.165) is 6.54 Å². The summed E-state index contributed by atoms with van der Waals surface area (Å²) in [6.07, 6.45) is 36.8. The predicted molar refractivity (Wildman–Crippen MR) is 184 cm³/mol. The largest absolute Gasteiger partial charge is 1.00 e. The summed E-state index contributed by atoms with van der Waals surface area (Å²) < 4.78 is 2.20. The van der Waals surface area contributed by atoms with Crippen LogP contribution in [0.3, 0.4) is 0 Å². The van der Waals surface area contributed by atoms with E-state index in [-0.39, 0.29) is 24.0 Å². The monoisotopic (exact) mass is 688 g/mol. The van der Waals surface area contributed by atoms with Gasteiger partial charge in [-0.25, -0.2) is 4.57 Å². The first kappa shape index (κ1) is 38.7. The lowest BCUT2D eigenvalue weighted by molar-refractivity contribution is -0.693. The first-order valence-corrected chi connectivity index (χ1v) is 17.8. The molecule has 1 aromatic carbocycles. The zero-order valence-electron chi connectivity index (χ0n) is 27.8. The number of nitrogens with zero attached hydrogens (tertiary/aromatic N) is 2. The highest BCUT2D eigenvalue weighted by Gasteiger charge is 2.07. The van der Waals surface area contributed by atoms with Crippen LogP contribution in [-0.4, -0.2) is 13.1 Å². The van der Waals surface area contributed by atoms with E-state index in [1.165, 1.54) is 158 Å². The first-order chi connectivity index (χ1) is 20.3. The molecule has 0 saturated carbocycles. The molecule has 1 heterocycles. The molecule has 0 aliphatic carbocycles. The van der Waals surface area contributed by atoms with E-state index in [2.05, 4.69) is 91.2 Å². The van der Waals surface area contributed by atoms with Gasteiger partial charge < -0.3 is 28.9 Å². The molecule has 42 heavy (non-hydrogen) atoms. The minimum atomic E-state index is 0. The molecular formula is C39H65IN2. The molecule has 0 bridgehead atoms. The first-order valence-electron chi connectivity index (χ1n) is 17.8. The Morgan fingerprint density at radius 1 is 0.476 bits per heavy atom. The summed E-state index contributed by atoms with van der Waals surface area (Å²) in [6, 6.07) is 13.7. The average molecular weight is 689 g/mol. The summed E-state index contributed by atoms with van der Waals surface area (Å²) in [5.74, 6) is 0. The number of hydrogen-bond donors (Lipinski definition) is 0. The van der Waals surface area contributed by atoms with Crippen LogP contribution in [0, 0.1) is 0 Å². The summed E-state index contributed by atoms with van der Waals surface area (Å²) in [5.41, 5.74) is 3.93. The van der Waals surface area contributed by atoms with Crippen molar-refractivity contribution in [3.8, 4) is 0 Å². The number of unbranched alkanes of at least 4 members (excludes halogenated alkanes) is 18. The molecule has 2 nitrogen and oxygen atoms in total. The van der Waals surface area contributed by atoms with Crippen molar-refractivity contribution < 1.29 is 28.5 Å². The molecule has 0 saturated heterocycles. The quantitative estimate of drug-likeness (QED) is 0.0545. The molecule has 0 amide bonds. The number of aryl methyl sites for hydroxylation is 1. The normalized spacial score (nSPS) is 11.2. The molecule has 0 fully saturated rings. The Hall–Kier alpha value is -1.36. The molecule has 238 valence electrons. The van der Waals surface area contributed by atoms with Gasteiger partial charge in [0.15, 0.2) is 12.4 Å². The van der Waals surface area contributed by atoms with Crippen molar-refractivity contribution in [2.75, 3.05) is 18.0 Å². The molecule has 0 unspecified atom stereocenters. The smallest absolute Gasteiger partial charge is 0.169 e. The maximum Gasteiger partial charge on any atom is 0.169 e. The Bertz CT molecular complexity index is 850. The number of benzene rings is 1. The predicted octanol–water partition coefficient (Wildman–Crippen LogP) is 8.82. The zero-order valence-corrected chi connectivity index (χ0v) is 30.0. The minimum absolute atomic E-state index is 0. The summed E-state index contributed by atoms with van der Waals surface area (Å²) in [4.78, 5) is 2.67. The molecule has 0 aliphatic heterocycles. The molecule has 0 spiro atoms. The Balaban J connectivity index is 0.00000882. The van der Waals surface area contributed by atoms with Crippen LogP contribution in [0.2, 0.25) is 0 Å². The second kappa shape index (κ2) is 27.2. The fourth-order valence-corrected chi connectivity index (χ4v) is 5.73. The Morgan fingerprint density at radius 3 is 1.21 bits per heavy atom. The van der Waals surface area contributed by atoms with Crippen LogP contribution in [0.4, 0.5) is 5.69 Å². The molecule has 0 aliphatic rings. The van der Waals surface area contributed by atoms with Gasteiger partial charge >= 0.3 is 0 Å². The number of halogens is 1. The van der Waals surface area contributed by atoms with Crippen LogP contribution in [0.5, 0.6) is 0 Å². The summed E-state index contributed by atoms with van der Waals surface area (Å²) >= 11 is 0. The number of aromatic nitrogens is 1. The van der Waals surface area contributed by atoms with E-state index >= 15 is 0 Å². The third-order valence-electron chi connectivity index (χ3n) is 8.57. The maximum atomic E-state index is 2.67. The van der Waals surface area contributed by atoms with Crippen LogP contribution in [0.1, 0.15) is 160 Å². The van der Waals surface area contributed by atoms with Gasteiger partial charge in [-0.2, -0.15) is 0 Å². The fraction of sp³-hybridized carbons (Fsp3) is 0.667. The third-order valence-corrected chi connectivity index (χ3v) is 8.57. The fourth-order valence-electron chi connectivity index (χ4n) is 5.73. The van der Waals surface area contributed by atoms with E-state index in [1.807, 2.05) is 0 Å².